The zero-order chi connectivity index (χ0) is 12.3. The summed E-state index contributed by atoms with van der Waals surface area (Å²) < 4.78 is 0. The number of nitrogens with one attached hydrogen (secondary N) is 2. The largest absolute Gasteiger partial charge is 0.397 e. The minimum absolute atomic E-state index is 0.148. The molecule has 0 atom stereocenters. The summed E-state index contributed by atoms with van der Waals surface area (Å²) in [5.74, 6) is -0.00586. The van der Waals surface area contributed by atoms with Crippen molar-refractivity contribution in [2.75, 3.05) is 5.73 Å². The molecule has 0 radical (unpaired) electrons. The SMILES string of the molecule is Nc1cnc(Cl)cc1C(=O)NCc1nn[nH]n1. The average Bonchev–Trinajstić information content (AvgIpc) is 2.82. The van der Waals surface area contributed by atoms with Crippen molar-refractivity contribution in [3.05, 3.63) is 28.8 Å². The normalized spacial score (nSPS) is 10.2. The topological polar surface area (TPSA) is 122 Å². The van der Waals surface area contributed by atoms with E-state index in [1.54, 1.807) is 0 Å². The second kappa shape index (κ2) is 4.74. The lowest BCUT2D eigenvalue weighted by Gasteiger charge is -2.05. The fourth-order valence-corrected chi connectivity index (χ4v) is 1.31. The molecule has 9 heteroatoms. The molecular weight excluding hydrogens is 246 g/mol. The first kappa shape index (κ1) is 11.3. The number of aromatic amines is 1. The number of nitrogens with zero attached hydrogens (tertiary/aromatic N) is 4. The van der Waals surface area contributed by atoms with Crippen LogP contribution in [-0.2, 0) is 6.54 Å². The number of hydrogen-bond acceptors (Lipinski definition) is 6. The molecule has 2 rings (SSSR count). The summed E-state index contributed by atoms with van der Waals surface area (Å²) in [6.07, 6.45) is 1.32. The number of tetrazole rings is 1. The quantitative estimate of drug-likeness (QED) is 0.649. The Kier molecular flexibility index (Phi) is 3.15. The molecule has 8 nitrogen and oxygen atoms in total. The van der Waals surface area contributed by atoms with Crippen LogP contribution in [0.2, 0.25) is 5.15 Å². The molecule has 2 aromatic heterocycles. The van der Waals surface area contributed by atoms with Gasteiger partial charge in [-0.2, -0.15) is 5.21 Å². The zero-order valence-corrected chi connectivity index (χ0v) is 9.27. The number of rotatable bonds is 3. The molecule has 0 saturated carbocycles. The summed E-state index contributed by atoms with van der Waals surface area (Å²) in [5.41, 5.74) is 6.12. The number of carbonyl (C=O) groups excluding carboxylic acids is 1. The van der Waals surface area contributed by atoms with E-state index in [0.717, 1.165) is 0 Å². The Labute approximate surface area is 101 Å². The first-order valence-electron chi connectivity index (χ1n) is 4.58. The summed E-state index contributed by atoms with van der Waals surface area (Å²) in [7, 11) is 0. The number of pyridine rings is 1. The van der Waals surface area contributed by atoms with Crippen molar-refractivity contribution >= 4 is 23.2 Å². The number of hydrogen-bond donors (Lipinski definition) is 3. The molecule has 2 aromatic rings. The van der Waals surface area contributed by atoms with Crippen molar-refractivity contribution in [1.82, 2.24) is 30.9 Å². The van der Waals surface area contributed by atoms with Crippen molar-refractivity contribution in [2.45, 2.75) is 6.54 Å². The number of H-pyrrole nitrogens is 1. The van der Waals surface area contributed by atoms with Gasteiger partial charge >= 0.3 is 0 Å². The Bertz CT molecular complexity index is 527. The minimum Gasteiger partial charge on any atom is -0.397 e. The monoisotopic (exact) mass is 253 g/mol. The molecule has 0 saturated heterocycles. The lowest BCUT2D eigenvalue weighted by atomic mass is 10.2. The molecule has 0 bridgehead atoms. The highest BCUT2D eigenvalue weighted by Crippen LogP contribution is 2.14. The fraction of sp³-hybridized carbons (Fsp3) is 0.125. The molecule has 17 heavy (non-hydrogen) atoms. The molecule has 0 unspecified atom stereocenters. The molecule has 0 aromatic carbocycles. The Balaban J connectivity index is 2.07. The molecule has 0 fully saturated rings. The van der Waals surface area contributed by atoms with Gasteiger partial charge in [0, 0.05) is 0 Å². The third kappa shape index (κ3) is 2.67. The van der Waals surface area contributed by atoms with Crippen molar-refractivity contribution in [3.63, 3.8) is 0 Å². The molecular formula is C8H8ClN7O. The summed E-state index contributed by atoms with van der Waals surface area (Å²) in [6.45, 7) is 0.148. The maximum absolute atomic E-state index is 11.7. The molecule has 0 aliphatic heterocycles. The van der Waals surface area contributed by atoms with Crippen LogP contribution in [0.5, 0.6) is 0 Å². The van der Waals surface area contributed by atoms with Gasteiger partial charge in [-0.1, -0.05) is 16.8 Å². The van der Waals surface area contributed by atoms with E-state index in [1.807, 2.05) is 0 Å². The van der Waals surface area contributed by atoms with Crippen LogP contribution >= 0.6 is 11.6 Å². The second-order valence-electron chi connectivity index (χ2n) is 3.10. The van der Waals surface area contributed by atoms with Crippen molar-refractivity contribution in [3.8, 4) is 0 Å². The molecule has 0 aliphatic rings. The van der Waals surface area contributed by atoms with Gasteiger partial charge in [-0.15, -0.1) is 10.2 Å². The van der Waals surface area contributed by atoms with Crippen LogP contribution in [-0.4, -0.2) is 31.5 Å². The smallest absolute Gasteiger partial charge is 0.253 e. The van der Waals surface area contributed by atoms with E-state index < -0.39 is 0 Å². The van der Waals surface area contributed by atoms with Gasteiger partial charge in [-0.25, -0.2) is 4.98 Å². The van der Waals surface area contributed by atoms with Gasteiger partial charge in [-0.3, -0.25) is 4.79 Å². The van der Waals surface area contributed by atoms with E-state index in [2.05, 4.69) is 30.9 Å². The van der Waals surface area contributed by atoms with E-state index in [0.29, 0.717) is 5.82 Å². The summed E-state index contributed by atoms with van der Waals surface area (Å²) in [5, 5.41) is 15.8. The van der Waals surface area contributed by atoms with Crippen LogP contribution in [0.3, 0.4) is 0 Å². The van der Waals surface area contributed by atoms with Crippen LogP contribution in [0.15, 0.2) is 12.3 Å². The standard InChI is InChI=1S/C8H8ClN7O/c9-6-1-4(5(10)2-11-6)8(17)12-3-7-13-15-16-14-7/h1-2H,3,10H2,(H,12,17)(H,13,14,15,16). The van der Waals surface area contributed by atoms with Crippen molar-refractivity contribution < 1.29 is 4.79 Å². The van der Waals surface area contributed by atoms with Crippen molar-refractivity contribution in [2.24, 2.45) is 0 Å². The van der Waals surface area contributed by atoms with Crippen molar-refractivity contribution in [1.29, 1.82) is 0 Å². The van der Waals surface area contributed by atoms with E-state index in [4.69, 9.17) is 17.3 Å². The number of halogens is 1. The third-order valence-corrected chi connectivity index (χ3v) is 2.15. The fourth-order valence-electron chi connectivity index (χ4n) is 1.15. The zero-order valence-electron chi connectivity index (χ0n) is 8.51. The highest BCUT2D eigenvalue weighted by atomic mass is 35.5. The average molecular weight is 254 g/mol. The van der Waals surface area contributed by atoms with Crippen LogP contribution < -0.4 is 11.1 Å². The van der Waals surface area contributed by atoms with Gasteiger partial charge in [0.1, 0.15) is 5.15 Å². The maximum atomic E-state index is 11.7. The molecule has 0 spiro atoms. The predicted octanol–water partition coefficient (Wildman–Crippen LogP) is -0.240. The highest BCUT2D eigenvalue weighted by molar-refractivity contribution is 6.29. The summed E-state index contributed by atoms with van der Waals surface area (Å²) in [6, 6.07) is 1.39. The van der Waals surface area contributed by atoms with Crippen LogP contribution in [0.25, 0.3) is 0 Å². The van der Waals surface area contributed by atoms with E-state index >= 15 is 0 Å². The first-order valence-corrected chi connectivity index (χ1v) is 4.96. The van der Waals surface area contributed by atoms with Gasteiger partial charge in [0.2, 0.25) is 0 Å². The second-order valence-corrected chi connectivity index (χ2v) is 3.49. The van der Waals surface area contributed by atoms with Gasteiger partial charge in [0.15, 0.2) is 5.82 Å². The Morgan fingerprint density at radius 2 is 2.41 bits per heavy atom. The van der Waals surface area contributed by atoms with E-state index in [9.17, 15) is 4.79 Å². The van der Waals surface area contributed by atoms with Gasteiger partial charge < -0.3 is 11.1 Å². The number of carbonyl (C=O) groups is 1. The van der Waals surface area contributed by atoms with Crippen LogP contribution in [0.4, 0.5) is 5.69 Å². The third-order valence-electron chi connectivity index (χ3n) is 1.94. The number of nitrogen functional groups attached to an aromatic ring is 1. The molecule has 4 N–H and O–H groups in total. The van der Waals surface area contributed by atoms with Gasteiger partial charge in [-0.05, 0) is 6.07 Å². The Morgan fingerprint density at radius 3 is 3.12 bits per heavy atom. The predicted molar refractivity (Wildman–Crippen MR) is 59.0 cm³/mol. The van der Waals surface area contributed by atoms with Gasteiger partial charge in [0.25, 0.3) is 5.91 Å². The molecule has 1 amide bonds. The highest BCUT2D eigenvalue weighted by Gasteiger charge is 2.11. The van der Waals surface area contributed by atoms with Gasteiger partial charge in [0.05, 0.1) is 24.0 Å². The van der Waals surface area contributed by atoms with E-state index in [1.165, 1.54) is 12.3 Å². The lowest BCUT2D eigenvalue weighted by molar-refractivity contribution is 0.0950. The van der Waals surface area contributed by atoms with Crippen LogP contribution in [0, 0.1) is 0 Å². The Morgan fingerprint density at radius 1 is 1.59 bits per heavy atom. The molecule has 2 heterocycles. The first-order chi connectivity index (χ1) is 8.16. The number of aromatic nitrogens is 5. The number of amides is 1. The lowest BCUT2D eigenvalue weighted by Crippen LogP contribution is -2.24. The number of nitrogens with two attached hydrogens (primary N) is 1. The summed E-state index contributed by atoms with van der Waals surface area (Å²) >= 11 is 5.67. The van der Waals surface area contributed by atoms with Crippen LogP contribution in [0.1, 0.15) is 16.2 Å². The minimum atomic E-state index is -0.378. The molecule has 88 valence electrons. The number of anilines is 1. The summed E-state index contributed by atoms with van der Waals surface area (Å²) in [4.78, 5) is 15.5. The Hall–Kier alpha value is -2.22. The van der Waals surface area contributed by atoms with E-state index in [-0.39, 0.29) is 28.9 Å². The maximum Gasteiger partial charge on any atom is 0.253 e. The molecule has 0 aliphatic carbocycles.